The summed E-state index contributed by atoms with van der Waals surface area (Å²) in [6.45, 7) is 8.74. The van der Waals surface area contributed by atoms with E-state index in [1.54, 1.807) is 0 Å². The van der Waals surface area contributed by atoms with Crippen LogP contribution in [0.1, 0.15) is 20.3 Å². The molecular formula is C7H18O2Si. The number of aliphatic hydroxyl groups is 1. The molecule has 0 aromatic rings. The van der Waals surface area contributed by atoms with Crippen LogP contribution in [-0.2, 0) is 4.43 Å². The second kappa shape index (κ2) is 4.11. The maximum Gasteiger partial charge on any atom is 0.214 e. The predicted molar refractivity (Wildman–Crippen MR) is 45.4 cm³/mol. The van der Waals surface area contributed by atoms with Crippen molar-refractivity contribution < 1.29 is 9.53 Å². The van der Waals surface area contributed by atoms with Crippen molar-refractivity contribution in [2.24, 2.45) is 0 Å². The van der Waals surface area contributed by atoms with E-state index in [4.69, 9.17) is 4.43 Å². The van der Waals surface area contributed by atoms with Crippen molar-refractivity contribution >= 4 is 8.32 Å². The Morgan fingerprint density at radius 2 is 2.00 bits per heavy atom. The van der Waals surface area contributed by atoms with Crippen molar-refractivity contribution in [2.75, 3.05) is 6.61 Å². The maximum absolute atomic E-state index is 9.24. The Hall–Kier alpha value is 0.137. The zero-order chi connectivity index (χ0) is 8.20. The molecule has 0 amide bonds. The van der Waals surface area contributed by atoms with Crippen LogP contribution in [-0.4, -0.2) is 25.8 Å². The highest BCUT2D eigenvalue weighted by Gasteiger charge is 2.28. The zero-order valence-corrected chi connectivity index (χ0v) is 8.35. The van der Waals surface area contributed by atoms with Crippen LogP contribution in [0.25, 0.3) is 0 Å². The summed E-state index contributed by atoms with van der Waals surface area (Å²) in [6.07, 6.45) is 1.03. The molecule has 0 radical (unpaired) electrons. The molecule has 2 nitrogen and oxygen atoms in total. The molecule has 0 aliphatic carbocycles. The number of hydrogen-bond acceptors (Lipinski definition) is 2. The van der Waals surface area contributed by atoms with E-state index in [0.29, 0.717) is 0 Å². The van der Waals surface area contributed by atoms with Crippen molar-refractivity contribution in [3.63, 3.8) is 0 Å². The predicted octanol–water partition coefficient (Wildman–Crippen LogP) is 1.54. The SMILES string of the molecule is CCCO[Si](C)(C)C(C)O. The number of aliphatic hydroxyl groups excluding tert-OH is 1. The number of rotatable bonds is 4. The molecule has 1 atom stereocenters. The van der Waals surface area contributed by atoms with E-state index in [9.17, 15) is 5.11 Å². The Kier molecular flexibility index (Phi) is 4.16. The van der Waals surface area contributed by atoms with E-state index in [2.05, 4.69) is 6.92 Å². The molecule has 0 aliphatic rings. The van der Waals surface area contributed by atoms with E-state index in [-0.39, 0.29) is 5.73 Å². The molecule has 0 bridgehead atoms. The van der Waals surface area contributed by atoms with Gasteiger partial charge in [-0.2, -0.15) is 0 Å². The fraction of sp³-hybridized carbons (Fsp3) is 1.00. The van der Waals surface area contributed by atoms with Crippen LogP contribution >= 0.6 is 0 Å². The summed E-state index contributed by atoms with van der Waals surface area (Å²) in [5, 5.41) is 9.24. The third kappa shape index (κ3) is 3.34. The quantitative estimate of drug-likeness (QED) is 0.635. The van der Waals surface area contributed by atoms with Gasteiger partial charge in [-0.15, -0.1) is 0 Å². The van der Waals surface area contributed by atoms with Crippen LogP contribution < -0.4 is 0 Å². The van der Waals surface area contributed by atoms with Crippen molar-refractivity contribution in [2.45, 2.75) is 39.1 Å². The number of hydrogen-bond donors (Lipinski definition) is 1. The molecule has 0 saturated carbocycles. The third-order valence-electron chi connectivity index (χ3n) is 1.68. The van der Waals surface area contributed by atoms with Gasteiger partial charge >= 0.3 is 0 Å². The molecular weight excluding hydrogens is 144 g/mol. The largest absolute Gasteiger partial charge is 0.415 e. The van der Waals surface area contributed by atoms with Gasteiger partial charge < -0.3 is 9.53 Å². The minimum Gasteiger partial charge on any atom is -0.415 e. The van der Waals surface area contributed by atoms with Crippen molar-refractivity contribution in [3.8, 4) is 0 Å². The monoisotopic (exact) mass is 162 g/mol. The summed E-state index contributed by atoms with van der Waals surface area (Å²) in [5.41, 5.74) is -0.265. The van der Waals surface area contributed by atoms with Gasteiger partial charge in [0.1, 0.15) is 0 Å². The Morgan fingerprint density at radius 3 is 2.30 bits per heavy atom. The standard InChI is InChI=1S/C7H18O2Si/c1-5-6-9-10(3,4)7(2)8/h7-8H,5-6H2,1-4H3. The van der Waals surface area contributed by atoms with Gasteiger partial charge in [-0.25, -0.2) is 0 Å². The highest BCUT2D eigenvalue weighted by atomic mass is 28.4. The molecule has 62 valence electrons. The summed E-state index contributed by atoms with van der Waals surface area (Å²) in [7, 11) is -1.75. The smallest absolute Gasteiger partial charge is 0.214 e. The summed E-state index contributed by atoms with van der Waals surface area (Å²) >= 11 is 0. The van der Waals surface area contributed by atoms with E-state index in [0.717, 1.165) is 13.0 Å². The minimum atomic E-state index is -1.75. The topological polar surface area (TPSA) is 29.5 Å². The van der Waals surface area contributed by atoms with Crippen LogP contribution in [0.3, 0.4) is 0 Å². The first-order chi connectivity index (χ1) is 4.50. The first kappa shape index (κ1) is 10.1. The molecule has 0 aromatic carbocycles. The fourth-order valence-corrected chi connectivity index (χ4v) is 1.46. The van der Waals surface area contributed by atoms with Gasteiger partial charge in [0.15, 0.2) is 0 Å². The van der Waals surface area contributed by atoms with Crippen LogP contribution in [0.4, 0.5) is 0 Å². The Morgan fingerprint density at radius 1 is 1.50 bits per heavy atom. The molecule has 0 fully saturated rings. The summed E-state index contributed by atoms with van der Waals surface area (Å²) in [5.74, 6) is 0. The molecule has 0 rings (SSSR count). The molecule has 1 N–H and O–H groups in total. The molecule has 1 unspecified atom stereocenters. The highest BCUT2D eigenvalue weighted by Crippen LogP contribution is 2.09. The van der Waals surface area contributed by atoms with Gasteiger partial charge in [0, 0.05) is 6.61 Å². The minimum absolute atomic E-state index is 0.265. The fourth-order valence-electron chi connectivity index (χ4n) is 0.486. The molecule has 0 saturated heterocycles. The van der Waals surface area contributed by atoms with Gasteiger partial charge in [-0.3, -0.25) is 0 Å². The van der Waals surface area contributed by atoms with Crippen molar-refractivity contribution in [3.05, 3.63) is 0 Å². The Bertz CT molecular complexity index is 91.6. The first-order valence-electron chi connectivity index (χ1n) is 3.82. The summed E-state index contributed by atoms with van der Waals surface area (Å²) < 4.78 is 5.53. The van der Waals surface area contributed by atoms with E-state index in [1.807, 2.05) is 20.0 Å². The van der Waals surface area contributed by atoms with Gasteiger partial charge in [0.05, 0.1) is 5.73 Å². The molecule has 0 spiro atoms. The van der Waals surface area contributed by atoms with Gasteiger partial charge in [-0.1, -0.05) is 6.92 Å². The van der Waals surface area contributed by atoms with Gasteiger partial charge in [0.25, 0.3) is 0 Å². The lowest BCUT2D eigenvalue weighted by Crippen LogP contribution is -2.43. The third-order valence-corrected chi connectivity index (χ3v) is 4.64. The molecule has 10 heavy (non-hydrogen) atoms. The second-order valence-corrected chi connectivity index (χ2v) is 7.46. The van der Waals surface area contributed by atoms with Crippen LogP contribution in [0, 0.1) is 0 Å². The summed E-state index contributed by atoms with van der Waals surface area (Å²) in [4.78, 5) is 0. The van der Waals surface area contributed by atoms with E-state index < -0.39 is 8.32 Å². The normalized spacial score (nSPS) is 15.3. The maximum atomic E-state index is 9.24. The van der Waals surface area contributed by atoms with Gasteiger partial charge in [0.2, 0.25) is 8.32 Å². The Labute approximate surface area is 64.3 Å². The highest BCUT2D eigenvalue weighted by molar-refractivity contribution is 6.72. The van der Waals surface area contributed by atoms with Crippen molar-refractivity contribution in [1.29, 1.82) is 0 Å². The lowest BCUT2D eigenvalue weighted by Gasteiger charge is -2.25. The molecule has 0 aliphatic heterocycles. The molecule has 0 heterocycles. The van der Waals surface area contributed by atoms with E-state index in [1.165, 1.54) is 0 Å². The molecule has 3 heteroatoms. The lowest BCUT2D eigenvalue weighted by molar-refractivity contribution is 0.206. The average molecular weight is 162 g/mol. The van der Waals surface area contributed by atoms with E-state index >= 15 is 0 Å². The van der Waals surface area contributed by atoms with Crippen LogP contribution in [0.2, 0.25) is 13.1 Å². The Balaban J connectivity index is 3.63. The average Bonchev–Trinajstić information content (AvgIpc) is 1.84. The lowest BCUT2D eigenvalue weighted by atomic mass is 10.5. The zero-order valence-electron chi connectivity index (χ0n) is 7.35. The van der Waals surface area contributed by atoms with Crippen LogP contribution in [0.5, 0.6) is 0 Å². The molecule has 0 aromatic heterocycles. The van der Waals surface area contributed by atoms with Crippen LogP contribution in [0.15, 0.2) is 0 Å². The second-order valence-electron chi connectivity index (χ2n) is 3.13. The van der Waals surface area contributed by atoms with Gasteiger partial charge in [-0.05, 0) is 26.4 Å². The summed E-state index contributed by atoms with van der Waals surface area (Å²) in [6, 6.07) is 0. The first-order valence-corrected chi connectivity index (χ1v) is 6.81. The van der Waals surface area contributed by atoms with Crippen molar-refractivity contribution in [1.82, 2.24) is 0 Å².